The van der Waals surface area contributed by atoms with Crippen LogP contribution in [0.2, 0.25) is 0 Å². The van der Waals surface area contributed by atoms with Crippen molar-refractivity contribution in [3.8, 4) is 0 Å². The number of rotatable bonds is 6. The molecule has 0 radical (unpaired) electrons. The molecule has 22 heavy (non-hydrogen) atoms. The fraction of sp³-hybridized carbons (Fsp3) is 0.235. The largest absolute Gasteiger partial charge is 0.367 e. The summed E-state index contributed by atoms with van der Waals surface area (Å²) in [4.78, 5) is 11.7. The lowest BCUT2D eigenvalue weighted by atomic mass is 10.1. The van der Waals surface area contributed by atoms with Gasteiger partial charge in [0.15, 0.2) is 0 Å². The van der Waals surface area contributed by atoms with Crippen molar-refractivity contribution >= 4 is 21.8 Å². The van der Waals surface area contributed by atoms with Crippen LogP contribution in [0.4, 0.5) is 4.39 Å². The maximum absolute atomic E-state index is 13.7. The monoisotopic (exact) mass is 365 g/mol. The second-order valence-corrected chi connectivity index (χ2v) is 5.76. The molecular weight excluding hydrogens is 349 g/mol. The molecule has 0 saturated heterocycles. The van der Waals surface area contributed by atoms with Crippen LogP contribution in [0, 0.1) is 12.7 Å². The molecule has 116 valence electrons. The third kappa shape index (κ3) is 4.64. The quantitative estimate of drug-likeness (QED) is 0.846. The molecule has 2 rings (SSSR count). The predicted molar refractivity (Wildman–Crippen MR) is 86.8 cm³/mol. The maximum atomic E-state index is 13.7. The van der Waals surface area contributed by atoms with Crippen LogP contribution in [0.3, 0.4) is 0 Å². The minimum atomic E-state index is -0.358. The van der Waals surface area contributed by atoms with Crippen molar-refractivity contribution in [3.63, 3.8) is 0 Å². The van der Waals surface area contributed by atoms with Crippen molar-refractivity contribution in [3.05, 3.63) is 69.4 Å². The van der Waals surface area contributed by atoms with E-state index in [0.717, 1.165) is 11.1 Å². The van der Waals surface area contributed by atoms with E-state index in [2.05, 4.69) is 21.2 Å². The molecule has 2 aromatic carbocycles. The number of ether oxygens (including phenoxy) is 1. The highest BCUT2D eigenvalue weighted by molar-refractivity contribution is 9.10. The molecule has 0 atom stereocenters. The first kappa shape index (κ1) is 16.6. The number of hydrogen-bond acceptors (Lipinski definition) is 2. The number of carbonyl (C=O) groups is 1. The number of benzene rings is 2. The summed E-state index contributed by atoms with van der Waals surface area (Å²) in [5.41, 5.74) is 2.61. The topological polar surface area (TPSA) is 38.3 Å². The summed E-state index contributed by atoms with van der Waals surface area (Å²) in [6.45, 7) is 2.46. The summed E-state index contributed by atoms with van der Waals surface area (Å²) in [6.07, 6.45) is 0. The van der Waals surface area contributed by atoms with Crippen molar-refractivity contribution in [2.75, 3.05) is 6.61 Å². The first-order chi connectivity index (χ1) is 10.6. The van der Waals surface area contributed by atoms with Crippen molar-refractivity contribution in [1.29, 1.82) is 0 Å². The van der Waals surface area contributed by atoms with Crippen LogP contribution < -0.4 is 5.32 Å². The smallest absolute Gasteiger partial charge is 0.246 e. The van der Waals surface area contributed by atoms with E-state index < -0.39 is 0 Å². The number of amides is 1. The van der Waals surface area contributed by atoms with Gasteiger partial charge < -0.3 is 10.1 Å². The molecule has 0 saturated carbocycles. The highest BCUT2D eigenvalue weighted by Gasteiger charge is 2.08. The summed E-state index contributed by atoms with van der Waals surface area (Å²) >= 11 is 3.12. The number of halogens is 2. The van der Waals surface area contributed by atoms with Gasteiger partial charge in [0.05, 0.1) is 11.1 Å². The van der Waals surface area contributed by atoms with Crippen LogP contribution in [0.5, 0.6) is 0 Å². The number of aryl methyl sites for hydroxylation is 1. The van der Waals surface area contributed by atoms with E-state index in [4.69, 9.17) is 4.74 Å². The molecule has 5 heteroatoms. The predicted octanol–water partition coefficient (Wildman–Crippen LogP) is 3.73. The molecule has 0 aliphatic rings. The third-order valence-corrected chi connectivity index (χ3v) is 3.87. The molecule has 0 aliphatic carbocycles. The molecule has 3 nitrogen and oxygen atoms in total. The van der Waals surface area contributed by atoms with Gasteiger partial charge in [-0.3, -0.25) is 4.79 Å². The van der Waals surface area contributed by atoms with Crippen LogP contribution in [0.15, 0.2) is 46.9 Å². The minimum Gasteiger partial charge on any atom is -0.367 e. The summed E-state index contributed by atoms with van der Waals surface area (Å²) in [5, 5.41) is 2.64. The van der Waals surface area contributed by atoms with Gasteiger partial charge >= 0.3 is 0 Å². The van der Waals surface area contributed by atoms with Crippen molar-refractivity contribution in [2.45, 2.75) is 20.1 Å². The van der Waals surface area contributed by atoms with Crippen molar-refractivity contribution in [1.82, 2.24) is 5.32 Å². The molecule has 0 spiro atoms. The van der Waals surface area contributed by atoms with Gasteiger partial charge in [-0.25, -0.2) is 4.39 Å². The average Bonchev–Trinajstić information content (AvgIpc) is 2.51. The lowest BCUT2D eigenvalue weighted by Crippen LogP contribution is -2.27. The van der Waals surface area contributed by atoms with Gasteiger partial charge in [-0.1, -0.05) is 36.4 Å². The fourth-order valence-corrected chi connectivity index (χ4v) is 2.36. The number of nitrogens with one attached hydrogen (secondary N) is 1. The standard InChI is InChI=1S/C17H17BrFNO2/c1-12-5-2-3-6-14(12)10-22-11-16(21)20-9-13-7-4-8-15(18)17(13)19/h2-8H,9-11H2,1H3,(H,20,21). The summed E-state index contributed by atoms with van der Waals surface area (Å²) in [5.74, 6) is -0.628. The van der Waals surface area contributed by atoms with Crippen LogP contribution in [0.25, 0.3) is 0 Å². The lowest BCUT2D eigenvalue weighted by Gasteiger charge is -2.09. The Morgan fingerprint density at radius 2 is 1.91 bits per heavy atom. The molecule has 0 aromatic heterocycles. The van der Waals surface area contributed by atoms with E-state index in [0.29, 0.717) is 16.6 Å². The van der Waals surface area contributed by atoms with Crippen molar-refractivity contribution < 1.29 is 13.9 Å². The highest BCUT2D eigenvalue weighted by atomic mass is 79.9. The average molecular weight is 366 g/mol. The molecule has 1 N–H and O–H groups in total. The van der Waals surface area contributed by atoms with Gasteiger partial charge in [-0.2, -0.15) is 0 Å². The third-order valence-electron chi connectivity index (χ3n) is 3.26. The Morgan fingerprint density at radius 1 is 1.18 bits per heavy atom. The Bertz CT molecular complexity index is 661. The van der Waals surface area contributed by atoms with Gasteiger partial charge in [0, 0.05) is 12.1 Å². The Morgan fingerprint density at radius 3 is 2.68 bits per heavy atom. The Labute approximate surface area is 137 Å². The second kappa shape index (κ2) is 8.06. The van der Waals surface area contributed by atoms with E-state index >= 15 is 0 Å². The van der Waals surface area contributed by atoms with Gasteiger partial charge in [0.25, 0.3) is 0 Å². The maximum Gasteiger partial charge on any atom is 0.246 e. The normalized spacial score (nSPS) is 10.5. The van der Waals surface area contributed by atoms with Crippen molar-refractivity contribution in [2.24, 2.45) is 0 Å². The zero-order valence-corrected chi connectivity index (χ0v) is 13.8. The van der Waals surface area contributed by atoms with E-state index in [1.165, 1.54) is 0 Å². The molecule has 0 unspecified atom stereocenters. The molecule has 1 amide bonds. The number of carbonyl (C=O) groups excluding carboxylic acids is 1. The summed E-state index contributed by atoms with van der Waals surface area (Å²) in [7, 11) is 0. The van der Waals surface area contributed by atoms with Crippen LogP contribution in [0.1, 0.15) is 16.7 Å². The van der Waals surface area contributed by atoms with Gasteiger partial charge in [0.2, 0.25) is 5.91 Å². The van der Waals surface area contributed by atoms with Gasteiger partial charge in [0.1, 0.15) is 12.4 Å². The van der Waals surface area contributed by atoms with E-state index in [1.807, 2.05) is 31.2 Å². The summed E-state index contributed by atoms with van der Waals surface area (Å²) in [6, 6.07) is 12.8. The zero-order chi connectivity index (χ0) is 15.9. The first-order valence-corrected chi connectivity index (χ1v) is 7.69. The Kier molecular flexibility index (Phi) is 6.10. The first-order valence-electron chi connectivity index (χ1n) is 6.90. The van der Waals surface area contributed by atoms with Gasteiger partial charge in [-0.15, -0.1) is 0 Å². The van der Waals surface area contributed by atoms with Gasteiger partial charge in [-0.05, 0) is 40.0 Å². The molecule has 0 fully saturated rings. The number of hydrogen-bond donors (Lipinski definition) is 1. The van der Waals surface area contributed by atoms with Crippen LogP contribution in [-0.2, 0) is 22.7 Å². The SMILES string of the molecule is Cc1ccccc1COCC(=O)NCc1cccc(Br)c1F. The van der Waals surface area contributed by atoms with Crippen LogP contribution in [-0.4, -0.2) is 12.5 Å². The highest BCUT2D eigenvalue weighted by Crippen LogP contribution is 2.18. The van der Waals surface area contributed by atoms with E-state index in [-0.39, 0.29) is 24.9 Å². The molecule has 2 aromatic rings. The van der Waals surface area contributed by atoms with E-state index in [9.17, 15) is 9.18 Å². The Balaban J connectivity index is 1.77. The minimum absolute atomic E-state index is 0.0516. The second-order valence-electron chi connectivity index (χ2n) is 4.91. The Hall–Kier alpha value is -1.72. The molecule has 0 heterocycles. The molecular formula is C17H17BrFNO2. The zero-order valence-electron chi connectivity index (χ0n) is 12.2. The lowest BCUT2D eigenvalue weighted by molar-refractivity contribution is -0.126. The van der Waals surface area contributed by atoms with E-state index in [1.54, 1.807) is 18.2 Å². The fourth-order valence-electron chi connectivity index (χ4n) is 1.96. The van der Waals surface area contributed by atoms with Crippen LogP contribution >= 0.6 is 15.9 Å². The molecule has 0 aliphatic heterocycles. The molecule has 0 bridgehead atoms. The summed E-state index contributed by atoms with van der Waals surface area (Å²) < 4.78 is 19.5.